The van der Waals surface area contributed by atoms with E-state index in [9.17, 15) is 9.59 Å². The van der Waals surface area contributed by atoms with Gasteiger partial charge in [-0.15, -0.1) is 0 Å². The van der Waals surface area contributed by atoms with Crippen molar-refractivity contribution in [2.45, 2.75) is 46.5 Å². The Morgan fingerprint density at radius 2 is 1.95 bits per heavy atom. The van der Waals surface area contributed by atoms with Gasteiger partial charge in [-0.25, -0.2) is 9.59 Å². The molecule has 0 spiro atoms. The van der Waals surface area contributed by atoms with Gasteiger partial charge in [-0.1, -0.05) is 39.8 Å². The van der Waals surface area contributed by atoms with Gasteiger partial charge >= 0.3 is 11.9 Å². The molecule has 0 rings (SSSR count). The Morgan fingerprint density at radius 3 is 2.35 bits per heavy atom. The van der Waals surface area contributed by atoms with E-state index in [0.717, 1.165) is 25.3 Å². The first kappa shape index (κ1) is 18.4. The summed E-state index contributed by atoms with van der Waals surface area (Å²) in [6.07, 6.45) is 6.17. The van der Waals surface area contributed by atoms with Crippen LogP contribution in [-0.4, -0.2) is 23.7 Å². The van der Waals surface area contributed by atoms with Gasteiger partial charge in [0.1, 0.15) is 0 Å². The standard InChI is InChI=1S/C16H26O4/c1-5-9-14(10-12(6-2)16(18)19)13(7-3)11-20-15(17)8-4/h8,10,13-14H,4-7,9,11H2,1-3H3,(H,18,19). The van der Waals surface area contributed by atoms with E-state index >= 15 is 0 Å². The summed E-state index contributed by atoms with van der Waals surface area (Å²) in [5.41, 5.74) is 0.428. The van der Waals surface area contributed by atoms with E-state index in [4.69, 9.17) is 9.84 Å². The number of ether oxygens (including phenoxy) is 1. The molecular formula is C16H26O4. The van der Waals surface area contributed by atoms with Crippen molar-refractivity contribution in [3.63, 3.8) is 0 Å². The highest BCUT2D eigenvalue weighted by molar-refractivity contribution is 5.86. The molecule has 0 saturated carbocycles. The first-order valence-corrected chi connectivity index (χ1v) is 7.23. The number of hydrogen-bond acceptors (Lipinski definition) is 3. The zero-order chi connectivity index (χ0) is 15.5. The van der Waals surface area contributed by atoms with Gasteiger partial charge in [-0.05, 0) is 31.1 Å². The third-order valence-electron chi connectivity index (χ3n) is 3.43. The summed E-state index contributed by atoms with van der Waals surface area (Å²) >= 11 is 0. The van der Waals surface area contributed by atoms with Crippen molar-refractivity contribution >= 4 is 11.9 Å². The molecule has 4 heteroatoms. The number of aliphatic carboxylic acids is 1. The van der Waals surface area contributed by atoms with Crippen molar-refractivity contribution < 1.29 is 19.4 Å². The third kappa shape index (κ3) is 6.55. The molecule has 0 heterocycles. The second-order valence-corrected chi connectivity index (χ2v) is 4.81. The van der Waals surface area contributed by atoms with Crippen LogP contribution in [-0.2, 0) is 14.3 Å². The van der Waals surface area contributed by atoms with Crippen LogP contribution in [0, 0.1) is 11.8 Å². The molecule has 0 fully saturated rings. The summed E-state index contributed by atoms with van der Waals surface area (Å²) in [5, 5.41) is 9.13. The maximum Gasteiger partial charge on any atom is 0.331 e. The molecule has 2 atom stereocenters. The number of rotatable bonds is 10. The number of carboxylic acid groups (broad SMARTS) is 1. The van der Waals surface area contributed by atoms with Crippen LogP contribution in [0.5, 0.6) is 0 Å². The van der Waals surface area contributed by atoms with Crippen molar-refractivity contribution in [2.24, 2.45) is 11.8 Å². The average Bonchev–Trinajstić information content (AvgIpc) is 2.44. The van der Waals surface area contributed by atoms with E-state index in [1.807, 2.05) is 19.9 Å². The van der Waals surface area contributed by atoms with Gasteiger partial charge in [0, 0.05) is 11.6 Å². The quantitative estimate of drug-likeness (QED) is 0.491. The summed E-state index contributed by atoms with van der Waals surface area (Å²) in [5.74, 6) is -1.04. The molecule has 4 nitrogen and oxygen atoms in total. The molecule has 1 N–H and O–H groups in total. The maximum absolute atomic E-state index is 11.1. The highest BCUT2D eigenvalue weighted by Gasteiger charge is 2.20. The molecule has 0 aromatic heterocycles. The third-order valence-corrected chi connectivity index (χ3v) is 3.43. The normalized spacial score (nSPS) is 14.4. The molecule has 0 amide bonds. The second kappa shape index (κ2) is 10.2. The monoisotopic (exact) mass is 282 g/mol. The second-order valence-electron chi connectivity index (χ2n) is 4.81. The summed E-state index contributed by atoms with van der Waals surface area (Å²) in [4.78, 5) is 22.3. The van der Waals surface area contributed by atoms with E-state index in [-0.39, 0.29) is 11.8 Å². The molecule has 0 aromatic carbocycles. The minimum Gasteiger partial charge on any atom is -0.478 e. The molecule has 0 saturated heterocycles. The summed E-state index contributed by atoms with van der Waals surface area (Å²) in [6, 6.07) is 0. The zero-order valence-corrected chi connectivity index (χ0v) is 12.7. The summed E-state index contributed by atoms with van der Waals surface area (Å²) in [6.45, 7) is 9.59. The number of allylic oxidation sites excluding steroid dienone is 1. The lowest BCUT2D eigenvalue weighted by Gasteiger charge is -2.23. The van der Waals surface area contributed by atoms with Crippen LogP contribution in [0.4, 0.5) is 0 Å². The Bertz CT molecular complexity index is 357. The van der Waals surface area contributed by atoms with E-state index < -0.39 is 11.9 Å². The molecule has 2 unspecified atom stereocenters. The van der Waals surface area contributed by atoms with Crippen LogP contribution >= 0.6 is 0 Å². The lowest BCUT2D eigenvalue weighted by molar-refractivity contribution is -0.139. The predicted molar refractivity (Wildman–Crippen MR) is 79.3 cm³/mol. The maximum atomic E-state index is 11.1. The van der Waals surface area contributed by atoms with E-state index in [1.165, 1.54) is 0 Å². The molecule has 0 aliphatic heterocycles. The SMILES string of the molecule is C=CC(=O)OCC(CC)C(C=C(CC)C(=O)O)CCC. The number of hydrogen-bond donors (Lipinski definition) is 1. The summed E-state index contributed by atoms with van der Waals surface area (Å²) < 4.78 is 5.11. The first-order valence-electron chi connectivity index (χ1n) is 7.23. The van der Waals surface area contributed by atoms with Crippen LogP contribution < -0.4 is 0 Å². The van der Waals surface area contributed by atoms with Crippen molar-refractivity contribution in [2.75, 3.05) is 6.61 Å². The Balaban J connectivity index is 4.95. The molecule has 0 aliphatic carbocycles. The Morgan fingerprint density at radius 1 is 1.30 bits per heavy atom. The van der Waals surface area contributed by atoms with Crippen LogP contribution in [0.1, 0.15) is 46.5 Å². The van der Waals surface area contributed by atoms with Gasteiger partial charge in [0.25, 0.3) is 0 Å². The van der Waals surface area contributed by atoms with Gasteiger partial charge in [0.05, 0.1) is 6.61 Å². The topological polar surface area (TPSA) is 63.6 Å². The number of carbonyl (C=O) groups is 2. The highest BCUT2D eigenvalue weighted by Crippen LogP contribution is 2.25. The Kier molecular flexibility index (Phi) is 9.43. The largest absolute Gasteiger partial charge is 0.478 e. The van der Waals surface area contributed by atoms with Gasteiger partial charge in [0.15, 0.2) is 0 Å². The van der Waals surface area contributed by atoms with Crippen LogP contribution in [0.2, 0.25) is 0 Å². The lowest BCUT2D eigenvalue weighted by Crippen LogP contribution is -2.21. The van der Waals surface area contributed by atoms with Gasteiger partial charge in [-0.3, -0.25) is 0 Å². The molecule has 0 aliphatic rings. The van der Waals surface area contributed by atoms with E-state index in [1.54, 1.807) is 0 Å². The fourth-order valence-corrected chi connectivity index (χ4v) is 2.18. The molecular weight excluding hydrogens is 256 g/mol. The minimum absolute atomic E-state index is 0.119. The zero-order valence-electron chi connectivity index (χ0n) is 12.7. The van der Waals surface area contributed by atoms with E-state index in [2.05, 4.69) is 13.5 Å². The first-order chi connectivity index (χ1) is 9.49. The van der Waals surface area contributed by atoms with Crippen LogP contribution in [0.15, 0.2) is 24.3 Å². The molecule has 20 heavy (non-hydrogen) atoms. The molecule has 0 bridgehead atoms. The predicted octanol–water partition coefficient (Wildman–Crippen LogP) is 3.58. The van der Waals surface area contributed by atoms with Crippen LogP contribution in [0.25, 0.3) is 0 Å². The minimum atomic E-state index is -0.869. The van der Waals surface area contributed by atoms with Gasteiger partial charge in [0.2, 0.25) is 0 Å². The van der Waals surface area contributed by atoms with Crippen molar-refractivity contribution in [1.29, 1.82) is 0 Å². The number of carboxylic acids is 1. The molecule has 0 aromatic rings. The fraction of sp³-hybridized carbons (Fsp3) is 0.625. The van der Waals surface area contributed by atoms with Crippen LogP contribution in [0.3, 0.4) is 0 Å². The fourth-order valence-electron chi connectivity index (χ4n) is 2.18. The van der Waals surface area contributed by atoms with Gasteiger partial charge in [-0.2, -0.15) is 0 Å². The lowest BCUT2D eigenvalue weighted by atomic mass is 9.85. The van der Waals surface area contributed by atoms with Crippen molar-refractivity contribution in [1.82, 2.24) is 0 Å². The molecule has 0 radical (unpaired) electrons. The Hall–Kier alpha value is -1.58. The van der Waals surface area contributed by atoms with Crippen molar-refractivity contribution in [3.8, 4) is 0 Å². The smallest absolute Gasteiger partial charge is 0.331 e. The summed E-state index contributed by atoms with van der Waals surface area (Å²) in [7, 11) is 0. The average molecular weight is 282 g/mol. The Labute approximate surface area is 121 Å². The van der Waals surface area contributed by atoms with E-state index in [0.29, 0.717) is 18.6 Å². The molecule has 114 valence electrons. The number of esters is 1. The van der Waals surface area contributed by atoms with Gasteiger partial charge < -0.3 is 9.84 Å². The van der Waals surface area contributed by atoms with Crippen molar-refractivity contribution in [3.05, 3.63) is 24.3 Å². The highest BCUT2D eigenvalue weighted by atomic mass is 16.5. The number of carbonyl (C=O) groups excluding carboxylic acids is 1.